The molecule has 0 bridgehead atoms. The third-order valence-corrected chi connectivity index (χ3v) is 6.16. The van der Waals surface area contributed by atoms with Crippen LogP contribution in [0.25, 0.3) is 0 Å². The van der Waals surface area contributed by atoms with Crippen molar-refractivity contribution in [1.82, 2.24) is 0 Å². The molecule has 0 N–H and O–H groups in total. The highest BCUT2D eigenvalue weighted by Gasteiger charge is 2.31. The molecular weight excluding hydrogens is 348 g/mol. The van der Waals surface area contributed by atoms with E-state index in [1.807, 2.05) is 45.0 Å². The number of halogens is 2. The number of hydrogen-bond donors (Lipinski definition) is 0. The number of thioether (sulfide) groups is 1. The Morgan fingerprint density at radius 2 is 1.79 bits per heavy atom. The summed E-state index contributed by atoms with van der Waals surface area (Å²) in [5.74, 6) is -1.43. The van der Waals surface area contributed by atoms with Crippen LogP contribution in [0.4, 0.5) is 8.78 Å². The molecule has 3 rings (SSSR count). The number of rotatable bonds is 1. The van der Waals surface area contributed by atoms with Crippen molar-refractivity contribution in [1.29, 1.82) is 0 Å². The van der Waals surface area contributed by atoms with E-state index in [4.69, 9.17) is 0 Å². The van der Waals surface area contributed by atoms with Gasteiger partial charge in [0.05, 0.1) is 0 Å². The first kappa shape index (κ1) is 17.5. The molecule has 1 aliphatic heterocycles. The molecule has 1 heterocycles. The van der Waals surface area contributed by atoms with Gasteiger partial charge in [-0.1, -0.05) is 22.6 Å². The van der Waals surface area contributed by atoms with Crippen molar-refractivity contribution in [3.8, 4) is 0 Å². The van der Waals surface area contributed by atoms with E-state index in [2.05, 4.69) is 4.40 Å². The Bertz CT molecular complexity index is 815. The van der Waals surface area contributed by atoms with Crippen molar-refractivity contribution in [2.75, 3.05) is 0 Å². The van der Waals surface area contributed by atoms with Gasteiger partial charge in [-0.05, 0) is 39.0 Å². The van der Waals surface area contributed by atoms with Crippen molar-refractivity contribution in [2.24, 2.45) is 4.40 Å². The largest absolute Gasteiger partial charge is 0.591 e. The average Bonchev–Trinajstić information content (AvgIpc) is 2.68. The number of fused-ring (bicyclic) bond motifs is 2. The summed E-state index contributed by atoms with van der Waals surface area (Å²) in [6.45, 7) is 5.49. The van der Waals surface area contributed by atoms with Gasteiger partial charge in [0.1, 0.15) is 21.8 Å². The molecule has 0 amide bonds. The minimum absolute atomic E-state index is 0.265. The standard InChI is InChI=1S/C18H17F2NOS2/c1-18(2,3)24(22)21-17-11-8-9-14(19)16(20)13(11)10-23-15-7-5-4-6-12(15)17/h4-9H,10H2,1-3H3/b21-17-/t24-/m0/s1. The molecule has 24 heavy (non-hydrogen) atoms. The molecule has 126 valence electrons. The number of benzene rings is 2. The third kappa shape index (κ3) is 3.23. The van der Waals surface area contributed by atoms with Gasteiger partial charge in [-0.2, -0.15) is 0 Å². The Morgan fingerprint density at radius 1 is 1.08 bits per heavy atom. The van der Waals surface area contributed by atoms with Crippen LogP contribution in [0.1, 0.15) is 37.5 Å². The van der Waals surface area contributed by atoms with Gasteiger partial charge in [-0.3, -0.25) is 0 Å². The van der Waals surface area contributed by atoms with Crippen LogP contribution in [-0.2, 0) is 17.1 Å². The fourth-order valence-corrected chi connectivity index (χ4v) is 4.07. The lowest BCUT2D eigenvalue weighted by Gasteiger charge is -2.20. The van der Waals surface area contributed by atoms with E-state index in [1.165, 1.54) is 17.8 Å². The lowest BCUT2D eigenvalue weighted by atomic mass is 9.98. The number of hydrogen-bond acceptors (Lipinski definition) is 3. The van der Waals surface area contributed by atoms with Gasteiger partial charge in [0.25, 0.3) is 0 Å². The van der Waals surface area contributed by atoms with Crippen LogP contribution in [0, 0.1) is 11.6 Å². The molecule has 0 aliphatic carbocycles. The highest BCUT2D eigenvalue weighted by molar-refractivity contribution is 7.98. The fourth-order valence-electron chi connectivity index (χ4n) is 2.36. The molecule has 0 unspecified atom stereocenters. The molecule has 0 saturated heterocycles. The molecular formula is C18H17F2NOS2. The van der Waals surface area contributed by atoms with E-state index in [9.17, 15) is 13.3 Å². The van der Waals surface area contributed by atoms with Gasteiger partial charge in [0.15, 0.2) is 11.6 Å². The normalized spacial score (nSPS) is 17.2. The maximum Gasteiger partial charge on any atom is 0.163 e. The van der Waals surface area contributed by atoms with E-state index >= 15 is 0 Å². The maximum atomic E-state index is 14.3. The molecule has 0 radical (unpaired) electrons. The SMILES string of the molecule is CC(C)(C)[S@+]([O-])/N=C1\c2ccccc2SCc2c1ccc(F)c2F. The molecule has 0 fully saturated rings. The third-order valence-electron chi connectivity index (χ3n) is 3.66. The topological polar surface area (TPSA) is 35.4 Å². The summed E-state index contributed by atoms with van der Waals surface area (Å²) < 4.78 is 44.4. The Hall–Kier alpha value is -1.37. The molecule has 2 nitrogen and oxygen atoms in total. The van der Waals surface area contributed by atoms with Crippen molar-refractivity contribution in [2.45, 2.75) is 36.2 Å². The predicted molar refractivity (Wildman–Crippen MR) is 95.9 cm³/mol. The zero-order chi connectivity index (χ0) is 17.5. The summed E-state index contributed by atoms with van der Waals surface area (Å²) in [6.07, 6.45) is 0. The zero-order valence-electron chi connectivity index (χ0n) is 13.6. The molecule has 0 aromatic heterocycles. The summed E-state index contributed by atoms with van der Waals surface area (Å²) in [7, 11) is 0. The smallest absolute Gasteiger partial charge is 0.163 e. The van der Waals surface area contributed by atoms with E-state index < -0.39 is 27.7 Å². The lowest BCUT2D eigenvalue weighted by Crippen LogP contribution is -2.27. The van der Waals surface area contributed by atoms with Gasteiger partial charge in [0.2, 0.25) is 0 Å². The van der Waals surface area contributed by atoms with Crippen molar-refractivity contribution >= 4 is 28.8 Å². The second-order valence-corrected chi connectivity index (χ2v) is 9.40. The summed E-state index contributed by atoms with van der Waals surface area (Å²) in [5, 5.41) is 0. The summed E-state index contributed by atoms with van der Waals surface area (Å²) in [4.78, 5) is 0.915. The van der Waals surface area contributed by atoms with E-state index in [-0.39, 0.29) is 5.56 Å². The maximum absolute atomic E-state index is 14.3. The Labute approximate surface area is 147 Å². The molecule has 2 aromatic carbocycles. The molecule has 0 spiro atoms. The van der Waals surface area contributed by atoms with E-state index in [0.717, 1.165) is 16.5 Å². The second kappa shape index (κ2) is 6.50. The highest BCUT2D eigenvalue weighted by atomic mass is 32.2. The van der Waals surface area contributed by atoms with E-state index in [0.29, 0.717) is 17.0 Å². The van der Waals surface area contributed by atoms with Crippen LogP contribution in [-0.4, -0.2) is 15.0 Å². The van der Waals surface area contributed by atoms with Gasteiger partial charge in [0, 0.05) is 27.3 Å². The molecule has 2 aromatic rings. The highest BCUT2D eigenvalue weighted by Crippen LogP contribution is 2.36. The van der Waals surface area contributed by atoms with Crippen molar-refractivity contribution in [3.05, 3.63) is 64.7 Å². The van der Waals surface area contributed by atoms with Gasteiger partial charge < -0.3 is 4.55 Å². The monoisotopic (exact) mass is 365 g/mol. The first-order valence-electron chi connectivity index (χ1n) is 7.49. The number of nitrogens with zero attached hydrogens (tertiary/aromatic N) is 1. The fraction of sp³-hybridized carbons (Fsp3) is 0.278. The molecule has 1 aliphatic rings. The van der Waals surface area contributed by atoms with Crippen LogP contribution in [0.3, 0.4) is 0 Å². The Kier molecular flexibility index (Phi) is 4.73. The molecule has 0 saturated carbocycles. The minimum atomic E-state index is -1.51. The Balaban J connectivity index is 2.26. The summed E-state index contributed by atoms with van der Waals surface area (Å²) >= 11 is -0.0796. The first-order chi connectivity index (χ1) is 11.3. The van der Waals surface area contributed by atoms with E-state index in [1.54, 1.807) is 0 Å². The molecule has 6 heteroatoms. The summed E-state index contributed by atoms with van der Waals surface area (Å²) in [6, 6.07) is 10.2. The second-order valence-electron chi connectivity index (χ2n) is 6.47. The zero-order valence-corrected chi connectivity index (χ0v) is 15.2. The van der Waals surface area contributed by atoms with Crippen LogP contribution < -0.4 is 0 Å². The van der Waals surface area contributed by atoms with Crippen molar-refractivity contribution in [3.63, 3.8) is 0 Å². The minimum Gasteiger partial charge on any atom is -0.591 e. The lowest BCUT2D eigenvalue weighted by molar-refractivity contribution is 0.502. The van der Waals surface area contributed by atoms with Gasteiger partial charge >= 0.3 is 0 Å². The van der Waals surface area contributed by atoms with Crippen LogP contribution in [0.2, 0.25) is 0 Å². The summed E-state index contributed by atoms with van der Waals surface area (Å²) in [5.41, 5.74) is 2.02. The van der Waals surface area contributed by atoms with Crippen LogP contribution in [0.15, 0.2) is 45.7 Å². The molecule has 1 atom stereocenters. The quantitative estimate of drug-likeness (QED) is 0.676. The van der Waals surface area contributed by atoms with Gasteiger partial charge in [-0.15, -0.1) is 11.8 Å². The van der Waals surface area contributed by atoms with Crippen LogP contribution >= 0.6 is 11.8 Å². The average molecular weight is 365 g/mol. The Morgan fingerprint density at radius 3 is 2.50 bits per heavy atom. The predicted octanol–water partition coefficient (Wildman–Crippen LogP) is 4.87. The first-order valence-corrected chi connectivity index (χ1v) is 9.58. The van der Waals surface area contributed by atoms with Crippen LogP contribution in [0.5, 0.6) is 0 Å². The van der Waals surface area contributed by atoms with Crippen molar-refractivity contribution < 1.29 is 13.3 Å². The van der Waals surface area contributed by atoms with Gasteiger partial charge in [-0.25, -0.2) is 8.78 Å².